The number of nitrogen functional groups attached to an aromatic ring is 1. The number of benzene rings is 1. The number of hydrogen-bond acceptors (Lipinski definition) is 4. The summed E-state index contributed by atoms with van der Waals surface area (Å²) in [6.45, 7) is 0. The molecule has 0 spiro atoms. The van der Waals surface area contributed by atoms with Gasteiger partial charge in [-0.15, -0.1) is 0 Å². The maximum atomic E-state index is 13.0. The molecule has 0 saturated carbocycles. The molecule has 0 amide bonds. The third kappa shape index (κ3) is 2.83. The van der Waals surface area contributed by atoms with E-state index in [4.69, 9.17) is 17.3 Å². The monoisotopic (exact) mass is 316 g/mol. The van der Waals surface area contributed by atoms with Crippen molar-refractivity contribution >= 4 is 44.9 Å². The van der Waals surface area contributed by atoms with E-state index < -0.39 is 5.82 Å². The molecule has 0 atom stereocenters. The lowest BCUT2D eigenvalue weighted by Gasteiger charge is -2.09. The second-order valence-electron chi connectivity index (χ2n) is 3.21. The van der Waals surface area contributed by atoms with Crippen molar-refractivity contribution in [2.24, 2.45) is 0 Å². The minimum Gasteiger partial charge on any atom is -0.396 e. The Kier molecular flexibility index (Phi) is 3.44. The van der Waals surface area contributed by atoms with Gasteiger partial charge in [0, 0.05) is 4.47 Å². The first-order valence-corrected chi connectivity index (χ1v) is 5.72. The molecule has 88 valence electrons. The van der Waals surface area contributed by atoms with Crippen molar-refractivity contribution in [1.29, 1.82) is 0 Å². The summed E-state index contributed by atoms with van der Waals surface area (Å²) in [5.74, 6) is -0.0981. The van der Waals surface area contributed by atoms with Crippen LogP contribution in [-0.2, 0) is 0 Å². The molecule has 0 radical (unpaired) electrons. The van der Waals surface area contributed by atoms with Gasteiger partial charge in [0.05, 0.1) is 28.8 Å². The van der Waals surface area contributed by atoms with Crippen LogP contribution >= 0.6 is 27.5 Å². The van der Waals surface area contributed by atoms with E-state index in [0.29, 0.717) is 21.8 Å². The van der Waals surface area contributed by atoms with Crippen LogP contribution in [0.15, 0.2) is 29.0 Å². The number of aromatic nitrogens is 2. The maximum absolute atomic E-state index is 13.0. The quantitative estimate of drug-likeness (QED) is 0.891. The van der Waals surface area contributed by atoms with Gasteiger partial charge in [-0.2, -0.15) is 0 Å². The van der Waals surface area contributed by atoms with Crippen molar-refractivity contribution in [3.63, 3.8) is 0 Å². The minimum absolute atomic E-state index is 0.234. The molecule has 0 saturated heterocycles. The predicted molar refractivity (Wildman–Crippen MR) is 68.8 cm³/mol. The van der Waals surface area contributed by atoms with Crippen LogP contribution in [0.2, 0.25) is 5.02 Å². The van der Waals surface area contributed by atoms with Crippen molar-refractivity contribution in [1.82, 2.24) is 9.97 Å². The highest BCUT2D eigenvalue weighted by molar-refractivity contribution is 9.10. The summed E-state index contributed by atoms with van der Waals surface area (Å²) in [5, 5.41) is 3.11. The molecule has 0 aliphatic rings. The molecule has 0 bridgehead atoms. The number of nitrogens with zero attached hydrogens (tertiary/aromatic N) is 2. The van der Waals surface area contributed by atoms with Crippen molar-refractivity contribution in [2.45, 2.75) is 0 Å². The number of hydrogen-bond donors (Lipinski definition) is 2. The summed E-state index contributed by atoms with van der Waals surface area (Å²) in [6, 6.07) is 2.50. The summed E-state index contributed by atoms with van der Waals surface area (Å²) >= 11 is 9.11. The van der Waals surface area contributed by atoms with Gasteiger partial charge in [0.25, 0.3) is 0 Å². The van der Waals surface area contributed by atoms with Gasteiger partial charge in [0.2, 0.25) is 5.95 Å². The van der Waals surface area contributed by atoms with Crippen LogP contribution in [0.3, 0.4) is 0 Å². The molecule has 17 heavy (non-hydrogen) atoms. The summed E-state index contributed by atoms with van der Waals surface area (Å²) in [6.07, 6.45) is 2.92. The molecule has 3 N–H and O–H groups in total. The highest BCUT2D eigenvalue weighted by atomic mass is 79.9. The van der Waals surface area contributed by atoms with Gasteiger partial charge in [-0.05, 0) is 28.1 Å². The number of nitrogens with two attached hydrogens (primary N) is 1. The summed E-state index contributed by atoms with van der Waals surface area (Å²) in [5.41, 5.74) is 6.42. The summed E-state index contributed by atoms with van der Waals surface area (Å²) < 4.78 is 13.5. The first-order chi connectivity index (χ1) is 8.06. The normalized spacial score (nSPS) is 10.3. The first kappa shape index (κ1) is 12.1. The van der Waals surface area contributed by atoms with E-state index in [1.807, 2.05) is 0 Å². The lowest BCUT2D eigenvalue weighted by molar-refractivity contribution is 0.627. The fourth-order valence-electron chi connectivity index (χ4n) is 1.18. The van der Waals surface area contributed by atoms with Gasteiger partial charge >= 0.3 is 0 Å². The van der Waals surface area contributed by atoms with Crippen LogP contribution in [0, 0.1) is 5.82 Å². The zero-order valence-electron chi connectivity index (χ0n) is 8.42. The third-order valence-corrected chi connectivity index (χ3v) is 2.84. The van der Waals surface area contributed by atoms with Crippen molar-refractivity contribution in [2.75, 3.05) is 11.1 Å². The topological polar surface area (TPSA) is 63.8 Å². The molecule has 2 rings (SSSR count). The smallest absolute Gasteiger partial charge is 0.227 e. The van der Waals surface area contributed by atoms with Gasteiger partial charge in [-0.25, -0.2) is 14.4 Å². The third-order valence-electron chi connectivity index (χ3n) is 1.92. The molecule has 0 unspecified atom stereocenters. The second kappa shape index (κ2) is 4.85. The Balaban J connectivity index is 2.33. The number of halogens is 3. The molecular formula is C10H7BrClFN4. The molecule has 0 aliphatic carbocycles. The molecular weight excluding hydrogens is 310 g/mol. The molecule has 0 fully saturated rings. The van der Waals surface area contributed by atoms with Crippen molar-refractivity contribution < 1.29 is 4.39 Å². The van der Waals surface area contributed by atoms with Crippen LogP contribution < -0.4 is 11.1 Å². The van der Waals surface area contributed by atoms with Crippen LogP contribution in [0.25, 0.3) is 0 Å². The first-order valence-electron chi connectivity index (χ1n) is 4.55. The largest absolute Gasteiger partial charge is 0.396 e. The molecule has 1 aromatic carbocycles. The highest BCUT2D eigenvalue weighted by Gasteiger charge is 2.09. The van der Waals surface area contributed by atoms with Crippen molar-refractivity contribution in [3.05, 3.63) is 39.8 Å². The molecule has 4 nitrogen and oxygen atoms in total. The molecule has 1 heterocycles. The lowest BCUT2D eigenvalue weighted by atomic mass is 10.3. The Morgan fingerprint density at radius 1 is 1.29 bits per heavy atom. The molecule has 1 aromatic heterocycles. The Morgan fingerprint density at radius 2 is 1.94 bits per heavy atom. The Hall–Kier alpha value is -1.40. The van der Waals surface area contributed by atoms with E-state index in [1.165, 1.54) is 24.5 Å². The highest BCUT2D eigenvalue weighted by Crippen LogP contribution is 2.33. The van der Waals surface area contributed by atoms with E-state index >= 15 is 0 Å². The van der Waals surface area contributed by atoms with E-state index in [9.17, 15) is 4.39 Å². The van der Waals surface area contributed by atoms with Gasteiger partial charge in [-0.1, -0.05) is 11.6 Å². The zero-order valence-corrected chi connectivity index (χ0v) is 10.8. The second-order valence-corrected chi connectivity index (χ2v) is 4.47. The van der Waals surface area contributed by atoms with Crippen molar-refractivity contribution in [3.8, 4) is 0 Å². The SMILES string of the molecule is Nc1cnc(Nc2c(Cl)cc(F)cc2Br)nc1. The Bertz CT molecular complexity index is 523. The summed E-state index contributed by atoms with van der Waals surface area (Å²) in [4.78, 5) is 7.92. The molecule has 7 heteroatoms. The van der Waals surface area contributed by atoms with E-state index in [1.54, 1.807) is 0 Å². The van der Waals surface area contributed by atoms with Crippen LogP contribution in [0.5, 0.6) is 0 Å². The number of nitrogens with one attached hydrogen (secondary N) is 1. The minimum atomic E-state index is -0.425. The van der Waals surface area contributed by atoms with Crippen LogP contribution in [-0.4, -0.2) is 9.97 Å². The Labute approximate surface area is 110 Å². The number of anilines is 3. The maximum Gasteiger partial charge on any atom is 0.227 e. The van der Waals surface area contributed by atoms with Gasteiger partial charge < -0.3 is 11.1 Å². The average molecular weight is 318 g/mol. The summed E-state index contributed by atoms with van der Waals surface area (Å²) in [7, 11) is 0. The van der Waals surface area contributed by atoms with Gasteiger partial charge in [0.15, 0.2) is 0 Å². The van der Waals surface area contributed by atoms with Crippen LogP contribution in [0.1, 0.15) is 0 Å². The Morgan fingerprint density at radius 3 is 2.53 bits per heavy atom. The zero-order chi connectivity index (χ0) is 12.4. The lowest BCUT2D eigenvalue weighted by Crippen LogP contribution is -1.99. The van der Waals surface area contributed by atoms with Gasteiger partial charge in [-0.3, -0.25) is 0 Å². The predicted octanol–water partition coefficient (Wildman–Crippen LogP) is 3.36. The van der Waals surface area contributed by atoms with Crippen LogP contribution in [0.4, 0.5) is 21.7 Å². The fourth-order valence-corrected chi connectivity index (χ4v) is 2.07. The van der Waals surface area contributed by atoms with Gasteiger partial charge in [0.1, 0.15) is 5.82 Å². The van der Waals surface area contributed by atoms with E-state index in [0.717, 1.165) is 0 Å². The standard InChI is InChI=1S/C10H7BrClFN4/c11-7-1-5(13)2-8(12)9(7)17-10-15-3-6(14)4-16-10/h1-4H,14H2,(H,15,16,17). The molecule has 2 aromatic rings. The fraction of sp³-hybridized carbons (Fsp3) is 0. The number of rotatable bonds is 2. The molecule has 0 aliphatic heterocycles. The van der Waals surface area contributed by atoms with E-state index in [-0.39, 0.29) is 5.02 Å². The average Bonchev–Trinajstić information content (AvgIpc) is 2.26. The van der Waals surface area contributed by atoms with E-state index in [2.05, 4.69) is 31.2 Å².